The molecular formula is C24H21N3O4S. The van der Waals surface area contributed by atoms with Crippen LogP contribution in [0.4, 0.5) is 10.8 Å². The normalized spacial score (nSPS) is 10.8. The third kappa shape index (κ3) is 4.45. The van der Waals surface area contributed by atoms with Gasteiger partial charge in [0.15, 0.2) is 5.13 Å². The van der Waals surface area contributed by atoms with Crippen molar-refractivity contribution >= 4 is 38.3 Å². The molecule has 1 heterocycles. The molecule has 0 atom stereocenters. The summed E-state index contributed by atoms with van der Waals surface area (Å²) in [7, 11) is 1.60. The molecular weight excluding hydrogens is 426 g/mol. The van der Waals surface area contributed by atoms with Crippen LogP contribution in [-0.4, -0.2) is 22.9 Å². The molecule has 0 aliphatic rings. The number of hydrogen-bond donors (Lipinski definition) is 0. The van der Waals surface area contributed by atoms with E-state index in [1.807, 2.05) is 49.4 Å². The molecule has 162 valence electrons. The predicted molar refractivity (Wildman–Crippen MR) is 125 cm³/mol. The molecule has 0 unspecified atom stereocenters. The quantitative estimate of drug-likeness (QED) is 0.284. The van der Waals surface area contributed by atoms with Gasteiger partial charge in [-0.05, 0) is 29.7 Å². The van der Waals surface area contributed by atoms with Crippen molar-refractivity contribution in [2.24, 2.45) is 0 Å². The number of nitro benzene ring substituents is 1. The zero-order valence-electron chi connectivity index (χ0n) is 17.6. The highest BCUT2D eigenvalue weighted by molar-refractivity contribution is 7.22. The van der Waals surface area contributed by atoms with Gasteiger partial charge in [0.25, 0.3) is 5.69 Å². The lowest BCUT2D eigenvalue weighted by Gasteiger charge is -2.20. The third-order valence-corrected chi connectivity index (χ3v) is 6.34. The monoisotopic (exact) mass is 447 g/mol. The lowest BCUT2D eigenvalue weighted by molar-refractivity contribution is -0.384. The molecule has 0 spiro atoms. The summed E-state index contributed by atoms with van der Waals surface area (Å²) >= 11 is 1.45. The second-order valence-corrected chi connectivity index (χ2v) is 8.30. The number of thiazole rings is 1. The maximum atomic E-state index is 13.4. The van der Waals surface area contributed by atoms with Gasteiger partial charge in [0.2, 0.25) is 5.91 Å². The number of nitrogens with zero attached hydrogens (tertiary/aromatic N) is 3. The number of methoxy groups -OCH3 is 1. The molecule has 0 bridgehead atoms. The molecule has 1 amide bonds. The number of aromatic nitrogens is 1. The van der Waals surface area contributed by atoms with Crippen molar-refractivity contribution in [2.75, 3.05) is 12.0 Å². The lowest BCUT2D eigenvalue weighted by atomic mass is 10.1. The average molecular weight is 448 g/mol. The molecule has 0 aliphatic heterocycles. The van der Waals surface area contributed by atoms with E-state index in [9.17, 15) is 14.9 Å². The van der Waals surface area contributed by atoms with E-state index in [2.05, 4.69) is 0 Å². The molecule has 8 heteroatoms. The number of nitro groups is 1. The van der Waals surface area contributed by atoms with E-state index in [1.165, 1.54) is 23.5 Å². The van der Waals surface area contributed by atoms with Gasteiger partial charge in [-0.25, -0.2) is 4.98 Å². The van der Waals surface area contributed by atoms with Gasteiger partial charge in [0.1, 0.15) is 11.3 Å². The van der Waals surface area contributed by atoms with Gasteiger partial charge in [-0.2, -0.15) is 0 Å². The number of hydrogen-bond acceptors (Lipinski definition) is 6. The van der Waals surface area contributed by atoms with E-state index in [4.69, 9.17) is 9.72 Å². The second kappa shape index (κ2) is 9.15. The van der Waals surface area contributed by atoms with E-state index >= 15 is 0 Å². The zero-order chi connectivity index (χ0) is 22.7. The van der Waals surface area contributed by atoms with E-state index in [0.717, 1.165) is 21.3 Å². The number of ether oxygens (including phenoxy) is 1. The Morgan fingerprint density at radius 3 is 2.44 bits per heavy atom. The summed E-state index contributed by atoms with van der Waals surface area (Å²) in [6.45, 7) is 2.37. The molecule has 0 fully saturated rings. The largest absolute Gasteiger partial charge is 0.494 e. The summed E-state index contributed by atoms with van der Waals surface area (Å²) in [5, 5.41) is 11.5. The number of benzene rings is 3. The van der Waals surface area contributed by atoms with Gasteiger partial charge >= 0.3 is 0 Å². The van der Waals surface area contributed by atoms with Gasteiger partial charge in [-0.15, -0.1) is 0 Å². The molecule has 32 heavy (non-hydrogen) atoms. The van der Waals surface area contributed by atoms with Crippen molar-refractivity contribution in [3.05, 3.63) is 93.5 Å². The Morgan fingerprint density at radius 1 is 1.06 bits per heavy atom. The van der Waals surface area contributed by atoms with E-state index in [0.29, 0.717) is 23.0 Å². The topological polar surface area (TPSA) is 85.6 Å². The second-order valence-electron chi connectivity index (χ2n) is 7.32. The molecule has 0 radical (unpaired) electrons. The first-order chi connectivity index (χ1) is 15.5. The van der Waals surface area contributed by atoms with Crippen LogP contribution in [-0.2, 0) is 17.8 Å². The number of anilines is 1. The molecule has 0 N–H and O–H groups in total. The highest BCUT2D eigenvalue weighted by atomic mass is 32.1. The Bertz CT molecular complexity index is 1270. The minimum absolute atomic E-state index is 0.00363. The van der Waals surface area contributed by atoms with Crippen LogP contribution in [0.3, 0.4) is 0 Å². The number of carbonyl (C=O) groups excluding carboxylic acids is 1. The fourth-order valence-corrected chi connectivity index (χ4v) is 4.48. The first kappa shape index (κ1) is 21.5. The number of aryl methyl sites for hydroxylation is 1. The molecule has 3 aromatic carbocycles. The van der Waals surface area contributed by atoms with Crippen LogP contribution >= 0.6 is 11.3 Å². The fraction of sp³-hybridized carbons (Fsp3) is 0.167. The Morgan fingerprint density at radius 2 is 1.78 bits per heavy atom. The van der Waals surface area contributed by atoms with E-state index in [1.54, 1.807) is 24.1 Å². The SMILES string of the molecule is COc1ccc(C)c2sc(N(Cc3ccccc3)C(=O)Cc3ccc([N+](=O)[O-])cc3)nc12. The number of non-ortho nitro benzene ring substituents is 1. The van der Waals surface area contributed by atoms with Crippen LogP contribution in [0, 0.1) is 17.0 Å². The summed E-state index contributed by atoms with van der Waals surface area (Å²) in [4.78, 5) is 30.3. The number of fused-ring (bicyclic) bond motifs is 1. The summed E-state index contributed by atoms with van der Waals surface area (Å²) in [6, 6.07) is 19.6. The maximum absolute atomic E-state index is 13.4. The number of amides is 1. The minimum Gasteiger partial charge on any atom is -0.494 e. The predicted octanol–water partition coefficient (Wildman–Crippen LogP) is 5.30. The maximum Gasteiger partial charge on any atom is 0.269 e. The van der Waals surface area contributed by atoms with Gasteiger partial charge in [-0.3, -0.25) is 19.8 Å². The van der Waals surface area contributed by atoms with Crippen LogP contribution in [0.5, 0.6) is 5.75 Å². The number of rotatable bonds is 7. The summed E-state index contributed by atoms with van der Waals surface area (Å²) < 4.78 is 6.44. The van der Waals surface area contributed by atoms with Crippen molar-refractivity contribution in [1.29, 1.82) is 0 Å². The van der Waals surface area contributed by atoms with E-state index in [-0.39, 0.29) is 18.0 Å². The zero-order valence-corrected chi connectivity index (χ0v) is 18.5. The fourth-order valence-electron chi connectivity index (χ4n) is 3.41. The first-order valence-corrected chi connectivity index (χ1v) is 10.8. The van der Waals surface area contributed by atoms with Crippen molar-refractivity contribution in [3.63, 3.8) is 0 Å². The van der Waals surface area contributed by atoms with Crippen LogP contribution in [0.1, 0.15) is 16.7 Å². The molecule has 7 nitrogen and oxygen atoms in total. The van der Waals surface area contributed by atoms with Gasteiger partial charge in [0.05, 0.1) is 29.7 Å². The van der Waals surface area contributed by atoms with Crippen molar-refractivity contribution in [1.82, 2.24) is 4.98 Å². The Labute approximate surface area is 189 Å². The minimum atomic E-state index is -0.454. The summed E-state index contributed by atoms with van der Waals surface area (Å²) in [5.41, 5.74) is 3.47. The van der Waals surface area contributed by atoms with Gasteiger partial charge in [-0.1, -0.05) is 59.9 Å². The van der Waals surface area contributed by atoms with Crippen LogP contribution in [0.25, 0.3) is 10.2 Å². The lowest BCUT2D eigenvalue weighted by Crippen LogP contribution is -2.31. The molecule has 0 saturated carbocycles. The Hall–Kier alpha value is -3.78. The highest BCUT2D eigenvalue weighted by Crippen LogP contribution is 2.37. The van der Waals surface area contributed by atoms with Gasteiger partial charge < -0.3 is 4.74 Å². The van der Waals surface area contributed by atoms with Crippen molar-refractivity contribution in [3.8, 4) is 5.75 Å². The van der Waals surface area contributed by atoms with E-state index < -0.39 is 4.92 Å². The summed E-state index contributed by atoms with van der Waals surface area (Å²) in [5.74, 6) is 0.522. The Kier molecular flexibility index (Phi) is 6.13. The first-order valence-electron chi connectivity index (χ1n) is 9.98. The molecule has 4 aromatic rings. The van der Waals surface area contributed by atoms with Crippen molar-refractivity contribution in [2.45, 2.75) is 19.9 Å². The third-order valence-electron chi connectivity index (χ3n) is 5.13. The van der Waals surface area contributed by atoms with Crippen LogP contribution in [0.2, 0.25) is 0 Å². The van der Waals surface area contributed by atoms with Crippen LogP contribution < -0.4 is 9.64 Å². The Balaban J connectivity index is 1.70. The highest BCUT2D eigenvalue weighted by Gasteiger charge is 2.22. The standard InChI is InChI=1S/C24H21N3O4S/c1-16-8-13-20(31-2)22-23(16)32-24(25-22)26(15-18-6-4-3-5-7-18)21(28)14-17-9-11-19(12-10-17)27(29)30/h3-13H,14-15H2,1-2H3. The summed E-state index contributed by atoms with van der Waals surface area (Å²) in [6.07, 6.45) is 0.108. The smallest absolute Gasteiger partial charge is 0.269 e. The molecule has 4 rings (SSSR count). The van der Waals surface area contributed by atoms with Crippen molar-refractivity contribution < 1.29 is 14.5 Å². The molecule has 1 aromatic heterocycles. The molecule has 0 aliphatic carbocycles. The average Bonchev–Trinajstić information content (AvgIpc) is 3.25. The molecule has 0 saturated heterocycles. The van der Waals surface area contributed by atoms with Gasteiger partial charge in [0, 0.05) is 12.1 Å². The number of carbonyl (C=O) groups is 1. The van der Waals surface area contributed by atoms with Crippen LogP contribution in [0.15, 0.2) is 66.7 Å².